The van der Waals surface area contributed by atoms with Crippen LogP contribution in [-0.2, 0) is 4.74 Å². The van der Waals surface area contributed by atoms with Gasteiger partial charge in [0.15, 0.2) is 0 Å². The number of rotatable bonds is 2. The first-order valence-corrected chi connectivity index (χ1v) is 7.38. The normalized spacial score (nSPS) is 29.2. The number of likely N-dealkylation sites (tertiary alicyclic amines) is 1. The van der Waals surface area contributed by atoms with Crippen molar-refractivity contribution >= 4 is 6.09 Å². The van der Waals surface area contributed by atoms with Crippen LogP contribution in [0.25, 0.3) is 0 Å². The van der Waals surface area contributed by atoms with Crippen LogP contribution in [0.15, 0.2) is 0 Å². The van der Waals surface area contributed by atoms with Gasteiger partial charge in [0.1, 0.15) is 5.60 Å². The minimum Gasteiger partial charge on any atom is -0.444 e. The second-order valence-electron chi connectivity index (χ2n) is 6.87. The van der Waals surface area contributed by atoms with Crippen molar-refractivity contribution in [2.24, 2.45) is 17.8 Å². The third-order valence-corrected chi connectivity index (χ3v) is 4.30. The fourth-order valence-corrected chi connectivity index (χ4v) is 3.15. The Labute approximate surface area is 111 Å². The number of carbonyl (C=O) groups excluding carboxylic acids is 1. The van der Waals surface area contributed by atoms with Gasteiger partial charge in [-0.3, -0.25) is 0 Å². The molecule has 0 bridgehead atoms. The van der Waals surface area contributed by atoms with Crippen LogP contribution >= 0.6 is 0 Å². The molecule has 0 N–H and O–H groups in total. The van der Waals surface area contributed by atoms with E-state index in [2.05, 4.69) is 6.92 Å². The summed E-state index contributed by atoms with van der Waals surface area (Å²) in [7, 11) is 0. The zero-order valence-electron chi connectivity index (χ0n) is 12.2. The molecule has 2 aliphatic rings. The summed E-state index contributed by atoms with van der Waals surface area (Å²) < 4.78 is 5.42. The van der Waals surface area contributed by atoms with Crippen molar-refractivity contribution in [3.05, 3.63) is 0 Å². The van der Waals surface area contributed by atoms with E-state index in [0.29, 0.717) is 0 Å². The first-order valence-electron chi connectivity index (χ1n) is 7.38. The molecule has 1 aliphatic carbocycles. The monoisotopic (exact) mass is 253 g/mol. The van der Waals surface area contributed by atoms with Crippen molar-refractivity contribution in [3.63, 3.8) is 0 Å². The quantitative estimate of drug-likeness (QED) is 0.751. The molecular weight excluding hydrogens is 226 g/mol. The maximum Gasteiger partial charge on any atom is 0.410 e. The van der Waals surface area contributed by atoms with E-state index < -0.39 is 0 Å². The number of carbonyl (C=O) groups is 1. The highest BCUT2D eigenvalue weighted by Crippen LogP contribution is 2.49. The molecule has 0 aromatic rings. The van der Waals surface area contributed by atoms with Gasteiger partial charge >= 0.3 is 6.09 Å². The van der Waals surface area contributed by atoms with Crippen LogP contribution in [-0.4, -0.2) is 29.7 Å². The Morgan fingerprint density at radius 1 is 1.28 bits per heavy atom. The summed E-state index contributed by atoms with van der Waals surface area (Å²) in [4.78, 5) is 13.8. The van der Waals surface area contributed by atoms with Crippen molar-refractivity contribution in [3.8, 4) is 0 Å². The standard InChI is InChI=1S/C15H27NO2/c1-5-11-10-13(11)12-6-8-16(9-7-12)14(17)18-15(2,3)4/h11-13H,5-10H2,1-4H3/t11-,13+/m1/s1. The predicted molar refractivity (Wildman–Crippen MR) is 72.4 cm³/mol. The van der Waals surface area contributed by atoms with Crippen LogP contribution in [0.2, 0.25) is 0 Å². The van der Waals surface area contributed by atoms with Gasteiger partial charge in [-0.2, -0.15) is 0 Å². The van der Waals surface area contributed by atoms with Crippen molar-refractivity contribution in [1.29, 1.82) is 0 Å². The molecule has 0 aromatic carbocycles. The van der Waals surface area contributed by atoms with Crippen LogP contribution in [0.5, 0.6) is 0 Å². The lowest BCUT2D eigenvalue weighted by Crippen LogP contribution is -2.42. The van der Waals surface area contributed by atoms with Crippen molar-refractivity contribution in [2.75, 3.05) is 13.1 Å². The number of amides is 1. The lowest BCUT2D eigenvalue weighted by Gasteiger charge is -2.33. The Balaban J connectivity index is 1.75. The molecule has 0 spiro atoms. The summed E-state index contributed by atoms with van der Waals surface area (Å²) in [5, 5.41) is 0. The molecule has 2 atom stereocenters. The average molecular weight is 253 g/mol. The fourth-order valence-electron chi connectivity index (χ4n) is 3.15. The Bertz CT molecular complexity index is 300. The number of ether oxygens (including phenoxy) is 1. The second kappa shape index (κ2) is 5.10. The molecule has 3 heteroatoms. The summed E-state index contributed by atoms with van der Waals surface area (Å²) in [6.45, 7) is 9.83. The van der Waals surface area contributed by atoms with Crippen LogP contribution in [0.3, 0.4) is 0 Å². The summed E-state index contributed by atoms with van der Waals surface area (Å²) in [5.41, 5.74) is -0.377. The molecule has 0 radical (unpaired) electrons. The molecule has 1 amide bonds. The Hall–Kier alpha value is -0.730. The molecule has 0 aromatic heterocycles. The van der Waals surface area contributed by atoms with Gasteiger partial charge in [0.2, 0.25) is 0 Å². The minimum absolute atomic E-state index is 0.135. The summed E-state index contributed by atoms with van der Waals surface area (Å²) in [6, 6.07) is 0. The SMILES string of the molecule is CC[C@@H]1C[C@@H]1C1CCN(C(=O)OC(C)(C)C)CC1. The van der Waals surface area contributed by atoms with E-state index in [4.69, 9.17) is 4.74 Å². The lowest BCUT2D eigenvalue weighted by atomic mass is 9.91. The molecule has 2 rings (SSSR count). The zero-order chi connectivity index (χ0) is 13.3. The number of nitrogens with zero attached hydrogens (tertiary/aromatic N) is 1. The van der Waals surface area contributed by atoms with Crippen LogP contribution in [0.4, 0.5) is 4.79 Å². The number of hydrogen-bond donors (Lipinski definition) is 0. The zero-order valence-corrected chi connectivity index (χ0v) is 12.2. The highest BCUT2D eigenvalue weighted by atomic mass is 16.6. The molecule has 0 unspecified atom stereocenters. The van der Waals surface area contributed by atoms with E-state index in [9.17, 15) is 4.79 Å². The van der Waals surface area contributed by atoms with E-state index in [-0.39, 0.29) is 11.7 Å². The van der Waals surface area contributed by atoms with Crippen molar-refractivity contribution < 1.29 is 9.53 Å². The molecule has 1 saturated heterocycles. The number of piperidine rings is 1. The van der Waals surface area contributed by atoms with Crippen molar-refractivity contribution in [2.45, 2.75) is 59.0 Å². The molecular formula is C15H27NO2. The van der Waals surface area contributed by atoms with Crippen LogP contribution < -0.4 is 0 Å². The van der Waals surface area contributed by atoms with E-state index in [1.807, 2.05) is 25.7 Å². The van der Waals surface area contributed by atoms with Gasteiger partial charge in [0.25, 0.3) is 0 Å². The van der Waals surface area contributed by atoms with Crippen LogP contribution in [0.1, 0.15) is 53.4 Å². The van der Waals surface area contributed by atoms with E-state index >= 15 is 0 Å². The largest absolute Gasteiger partial charge is 0.444 e. The van der Waals surface area contributed by atoms with E-state index in [0.717, 1.165) is 30.8 Å². The molecule has 2 fully saturated rings. The first-order chi connectivity index (χ1) is 8.40. The van der Waals surface area contributed by atoms with E-state index in [1.54, 1.807) is 0 Å². The fraction of sp³-hybridized carbons (Fsp3) is 0.933. The second-order valence-corrected chi connectivity index (χ2v) is 6.87. The third kappa shape index (κ3) is 3.39. The average Bonchev–Trinajstić information content (AvgIpc) is 3.06. The highest BCUT2D eigenvalue weighted by molar-refractivity contribution is 5.68. The third-order valence-electron chi connectivity index (χ3n) is 4.30. The first kappa shape index (κ1) is 13.7. The molecule has 3 nitrogen and oxygen atoms in total. The molecule has 1 aliphatic heterocycles. The van der Waals surface area contributed by atoms with Gasteiger partial charge in [0, 0.05) is 13.1 Å². The predicted octanol–water partition coefficient (Wildman–Crippen LogP) is 3.68. The van der Waals surface area contributed by atoms with Gasteiger partial charge in [-0.1, -0.05) is 13.3 Å². The summed E-state index contributed by atoms with van der Waals surface area (Å²) in [6.07, 6.45) is 4.95. The Morgan fingerprint density at radius 2 is 1.89 bits per heavy atom. The summed E-state index contributed by atoms with van der Waals surface area (Å²) in [5.74, 6) is 2.78. The maximum atomic E-state index is 11.9. The minimum atomic E-state index is -0.377. The van der Waals surface area contributed by atoms with Gasteiger partial charge in [-0.05, 0) is 57.8 Å². The molecule has 104 valence electrons. The highest BCUT2D eigenvalue weighted by Gasteiger charge is 2.42. The van der Waals surface area contributed by atoms with Gasteiger partial charge in [0.05, 0.1) is 0 Å². The summed E-state index contributed by atoms with van der Waals surface area (Å²) >= 11 is 0. The smallest absolute Gasteiger partial charge is 0.410 e. The number of hydrogen-bond acceptors (Lipinski definition) is 2. The molecule has 1 heterocycles. The maximum absolute atomic E-state index is 11.9. The Morgan fingerprint density at radius 3 is 2.33 bits per heavy atom. The van der Waals surface area contributed by atoms with Gasteiger partial charge < -0.3 is 9.64 Å². The van der Waals surface area contributed by atoms with Gasteiger partial charge in [-0.15, -0.1) is 0 Å². The van der Waals surface area contributed by atoms with Crippen molar-refractivity contribution in [1.82, 2.24) is 4.90 Å². The lowest BCUT2D eigenvalue weighted by molar-refractivity contribution is 0.0174. The Kier molecular flexibility index (Phi) is 3.88. The van der Waals surface area contributed by atoms with Gasteiger partial charge in [-0.25, -0.2) is 4.79 Å². The van der Waals surface area contributed by atoms with Crippen LogP contribution in [0, 0.1) is 17.8 Å². The van der Waals surface area contributed by atoms with E-state index in [1.165, 1.54) is 25.7 Å². The molecule has 1 saturated carbocycles. The topological polar surface area (TPSA) is 29.5 Å². The molecule has 18 heavy (non-hydrogen) atoms.